The van der Waals surface area contributed by atoms with E-state index >= 15 is 0 Å². The summed E-state index contributed by atoms with van der Waals surface area (Å²) in [7, 11) is 0. The quantitative estimate of drug-likeness (QED) is 0.741. The summed E-state index contributed by atoms with van der Waals surface area (Å²) in [5.41, 5.74) is -0.986. The fraction of sp³-hybridized carbons (Fsp3) is 0.556. The van der Waals surface area contributed by atoms with E-state index in [9.17, 15) is 19.2 Å². The number of carbonyl (C=O) groups excluding carboxylic acids is 4. The third-order valence-corrected chi connectivity index (χ3v) is 5.28. The smallest absolute Gasteiger partial charge is 0.248 e. The van der Waals surface area contributed by atoms with Crippen LogP contribution in [0.15, 0.2) is 23.7 Å². The van der Waals surface area contributed by atoms with Gasteiger partial charge in [0.2, 0.25) is 17.7 Å². The van der Waals surface area contributed by atoms with E-state index in [1.165, 1.54) is 17.1 Å². The highest BCUT2D eigenvalue weighted by atomic mass is 16.2. The van der Waals surface area contributed by atoms with Crippen molar-refractivity contribution in [3.8, 4) is 0 Å². The maximum absolute atomic E-state index is 13.3. The number of hydrogen-bond donors (Lipinski definition) is 2. The molecule has 2 N–H and O–H groups in total. The van der Waals surface area contributed by atoms with Crippen LogP contribution in [0.3, 0.4) is 0 Å². The van der Waals surface area contributed by atoms with Gasteiger partial charge in [0.25, 0.3) is 0 Å². The predicted molar refractivity (Wildman–Crippen MR) is 89.4 cm³/mol. The van der Waals surface area contributed by atoms with E-state index < -0.39 is 23.3 Å². The number of carbonyl (C=O) groups is 4. The van der Waals surface area contributed by atoms with Crippen LogP contribution >= 0.6 is 0 Å². The van der Waals surface area contributed by atoms with Crippen LogP contribution in [0.25, 0.3) is 0 Å². The first-order valence-electron chi connectivity index (χ1n) is 8.65. The van der Waals surface area contributed by atoms with Crippen molar-refractivity contribution in [2.24, 2.45) is 17.3 Å². The molecule has 3 aliphatic rings. The highest BCUT2D eigenvalue weighted by molar-refractivity contribution is 6.17. The molecule has 7 heteroatoms. The fourth-order valence-electron chi connectivity index (χ4n) is 3.63. The average Bonchev–Trinajstić information content (AvgIpc) is 2.95. The third kappa shape index (κ3) is 2.41. The summed E-state index contributed by atoms with van der Waals surface area (Å²) in [6.45, 7) is 7.59. The summed E-state index contributed by atoms with van der Waals surface area (Å²) in [5.74, 6) is -1.36. The molecule has 25 heavy (non-hydrogen) atoms. The number of fused-ring (bicyclic) bond motifs is 1. The number of allylic oxidation sites excluding steroid dienone is 2. The Hall–Kier alpha value is -2.44. The van der Waals surface area contributed by atoms with Gasteiger partial charge in [-0.2, -0.15) is 0 Å². The van der Waals surface area contributed by atoms with Gasteiger partial charge in [-0.15, -0.1) is 0 Å². The highest BCUT2D eigenvalue weighted by Gasteiger charge is 2.58. The number of rotatable bonds is 3. The van der Waals surface area contributed by atoms with Crippen molar-refractivity contribution in [2.45, 2.75) is 46.6 Å². The molecule has 0 saturated carbocycles. The van der Waals surface area contributed by atoms with E-state index in [4.69, 9.17) is 0 Å². The second-order valence-electron chi connectivity index (χ2n) is 7.33. The second-order valence-corrected chi connectivity index (χ2v) is 7.33. The van der Waals surface area contributed by atoms with Gasteiger partial charge in [-0.05, 0) is 24.3 Å². The summed E-state index contributed by atoms with van der Waals surface area (Å²) in [4.78, 5) is 51.9. The van der Waals surface area contributed by atoms with Gasteiger partial charge in [-0.25, -0.2) is 0 Å². The van der Waals surface area contributed by atoms with Crippen molar-refractivity contribution in [1.82, 2.24) is 15.5 Å². The van der Waals surface area contributed by atoms with E-state index in [1.807, 2.05) is 27.7 Å². The molecule has 2 aliphatic heterocycles. The number of amides is 3. The standard InChI is InChI=1S/C18H23N3O4/c1-5-10(4)12-14-20-16(24)18(7-6-11(22)8-18)17(25)21(14)13(9(2)3)15(23)19-12/h6-7,9-10,13H,5,8H2,1-4H3,(H,19,23)(H,20,24)/t10-,13-,18+/m1/s1. The van der Waals surface area contributed by atoms with Gasteiger partial charge >= 0.3 is 0 Å². The minimum absolute atomic E-state index is 0.0301. The molecule has 0 aromatic carbocycles. The Morgan fingerprint density at radius 3 is 2.40 bits per heavy atom. The van der Waals surface area contributed by atoms with Crippen molar-refractivity contribution in [3.05, 3.63) is 23.7 Å². The van der Waals surface area contributed by atoms with E-state index in [0.29, 0.717) is 11.5 Å². The normalized spacial score (nSPS) is 30.1. The summed E-state index contributed by atoms with van der Waals surface area (Å²) in [5, 5.41) is 5.67. The van der Waals surface area contributed by atoms with Gasteiger partial charge in [0, 0.05) is 6.42 Å². The first-order valence-corrected chi connectivity index (χ1v) is 8.65. The van der Waals surface area contributed by atoms with Crippen LogP contribution in [-0.4, -0.2) is 34.4 Å². The highest BCUT2D eigenvalue weighted by Crippen LogP contribution is 2.41. The van der Waals surface area contributed by atoms with Gasteiger partial charge in [0.1, 0.15) is 11.9 Å². The molecule has 1 aliphatic carbocycles. The molecule has 7 nitrogen and oxygen atoms in total. The molecule has 0 aromatic heterocycles. The largest absolute Gasteiger partial charge is 0.324 e. The van der Waals surface area contributed by atoms with Crippen LogP contribution < -0.4 is 10.6 Å². The Labute approximate surface area is 146 Å². The molecule has 3 rings (SSSR count). The fourth-order valence-corrected chi connectivity index (χ4v) is 3.63. The first-order chi connectivity index (χ1) is 11.7. The minimum atomic E-state index is -1.54. The Balaban J connectivity index is 2.16. The molecule has 0 unspecified atom stereocenters. The van der Waals surface area contributed by atoms with E-state index in [0.717, 1.165) is 6.42 Å². The van der Waals surface area contributed by atoms with Crippen LogP contribution in [0.4, 0.5) is 0 Å². The van der Waals surface area contributed by atoms with Crippen LogP contribution in [0.2, 0.25) is 0 Å². The van der Waals surface area contributed by atoms with Crippen molar-refractivity contribution in [1.29, 1.82) is 0 Å². The molecule has 3 atom stereocenters. The van der Waals surface area contributed by atoms with E-state index in [1.54, 1.807) is 0 Å². The Morgan fingerprint density at radius 2 is 1.88 bits per heavy atom. The maximum atomic E-state index is 13.3. The van der Waals surface area contributed by atoms with E-state index in [2.05, 4.69) is 10.6 Å². The molecule has 1 fully saturated rings. The topological polar surface area (TPSA) is 95.6 Å². The molecule has 3 amide bonds. The van der Waals surface area contributed by atoms with Gasteiger partial charge < -0.3 is 10.6 Å². The lowest BCUT2D eigenvalue weighted by Crippen LogP contribution is -2.68. The van der Waals surface area contributed by atoms with Gasteiger partial charge in [0.05, 0.1) is 5.70 Å². The Bertz CT molecular complexity index is 737. The summed E-state index contributed by atoms with van der Waals surface area (Å²) >= 11 is 0. The number of nitrogens with one attached hydrogen (secondary N) is 2. The van der Waals surface area contributed by atoms with Crippen LogP contribution in [-0.2, 0) is 19.2 Å². The summed E-state index contributed by atoms with van der Waals surface area (Å²) in [6, 6.07) is -0.725. The number of ketones is 1. The number of nitrogens with zero attached hydrogens (tertiary/aromatic N) is 1. The van der Waals surface area contributed by atoms with Crippen molar-refractivity contribution in [3.63, 3.8) is 0 Å². The van der Waals surface area contributed by atoms with Crippen molar-refractivity contribution >= 4 is 23.5 Å². The van der Waals surface area contributed by atoms with Crippen molar-refractivity contribution < 1.29 is 19.2 Å². The molecule has 1 saturated heterocycles. The third-order valence-electron chi connectivity index (χ3n) is 5.28. The average molecular weight is 345 g/mol. The Morgan fingerprint density at radius 1 is 1.20 bits per heavy atom. The van der Waals surface area contributed by atoms with E-state index in [-0.39, 0.29) is 29.9 Å². The molecule has 0 aromatic rings. The molecular weight excluding hydrogens is 322 g/mol. The van der Waals surface area contributed by atoms with Gasteiger partial charge in [-0.1, -0.05) is 33.8 Å². The molecular formula is C18H23N3O4. The number of hydrogen-bond acceptors (Lipinski definition) is 4. The van der Waals surface area contributed by atoms with Crippen LogP contribution in [0.1, 0.15) is 40.5 Å². The SMILES string of the molecule is CC[C@@H](C)C1=C2NC(=O)[C@@]3(C=CC(=O)C3)C(=O)N2[C@H](C(C)C)C(=O)N1. The zero-order valence-electron chi connectivity index (χ0n) is 14.9. The van der Waals surface area contributed by atoms with Gasteiger partial charge in [0.15, 0.2) is 11.2 Å². The Kier molecular flexibility index (Phi) is 4.05. The zero-order valence-corrected chi connectivity index (χ0v) is 14.9. The maximum Gasteiger partial charge on any atom is 0.248 e. The summed E-state index contributed by atoms with van der Waals surface area (Å²) < 4.78 is 0. The monoisotopic (exact) mass is 345 g/mol. The van der Waals surface area contributed by atoms with Crippen molar-refractivity contribution in [2.75, 3.05) is 0 Å². The minimum Gasteiger partial charge on any atom is -0.324 e. The van der Waals surface area contributed by atoms with Crippen LogP contribution in [0.5, 0.6) is 0 Å². The molecule has 0 radical (unpaired) electrons. The first kappa shape index (κ1) is 17.4. The lowest BCUT2D eigenvalue weighted by Gasteiger charge is -2.47. The van der Waals surface area contributed by atoms with Gasteiger partial charge in [-0.3, -0.25) is 24.1 Å². The predicted octanol–water partition coefficient (Wildman–Crippen LogP) is 0.830. The van der Waals surface area contributed by atoms with Crippen LogP contribution in [0, 0.1) is 17.3 Å². The molecule has 134 valence electrons. The lowest BCUT2D eigenvalue weighted by molar-refractivity contribution is -0.158. The molecule has 1 spiro atoms. The summed E-state index contributed by atoms with van der Waals surface area (Å²) in [6.07, 6.45) is 3.20. The zero-order chi connectivity index (χ0) is 18.5. The second kappa shape index (κ2) is 5.82. The molecule has 0 bridgehead atoms. The molecule has 2 heterocycles. The lowest BCUT2D eigenvalue weighted by atomic mass is 9.80.